The molecule has 2 atom stereocenters. The molecule has 1 amide bonds. The maximum absolute atomic E-state index is 11.7. The van der Waals surface area contributed by atoms with E-state index in [9.17, 15) is 9.59 Å². The number of ether oxygens (including phenoxy) is 1. The lowest BCUT2D eigenvalue weighted by molar-refractivity contribution is -0.141. The minimum absolute atomic E-state index is 0.210. The van der Waals surface area contributed by atoms with Crippen LogP contribution in [0.3, 0.4) is 0 Å². The van der Waals surface area contributed by atoms with E-state index in [2.05, 4.69) is 5.32 Å². The summed E-state index contributed by atoms with van der Waals surface area (Å²) in [6.07, 6.45) is 1.71. The maximum Gasteiger partial charge on any atom is 0.306 e. The third-order valence-electron chi connectivity index (χ3n) is 3.03. The summed E-state index contributed by atoms with van der Waals surface area (Å²) < 4.78 is 5.09. The zero-order chi connectivity index (χ0) is 12.9. The molecule has 98 valence electrons. The molecule has 1 saturated heterocycles. The molecule has 4 N–H and O–H groups in total. The Labute approximate surface area is 101 Å². The molecule has 0 bridgehead atoms. The van der Waals surface area contributed by atoms with Gasteiger partial charge in [0.2, 0.25) is 5.91 Å². The SMILES string of the molecule is CC(CCCNC(=O)C1(N)CCOC1)C(=O)O. The number of carboxylic acids is 1. The van der Waals surface area contributed by atoms with Crippen molar-refractivity contribution in [2.45, 2.75) is 31.7 Å². The summed E-state index contributed by atoms with van der Waals surface area (Å²) in [4.78, 5) is 22.3. The summed E-state index contributed by atoms with van der Waals surface area (Å²) in [6.45, 7) is 2.87. The molecule has 1 aliphatic rings. The van der Waals surface area contributed by atoms with Crippen LogP contribution >= 0.6 is 0 Å². The zero-order valence-electron chi connectivity index (χ0n) is 10.1. The van der Waals surface area contributed by atoms with Crippen molar-refractivity contribution in [1.82, 2.24) is 5.32 Å². The second-order valence-corrected chi connectivity index (χ2v) is 4.60. The Morgan fingerprint density at radius 1 is 1.59 bits per heavy atom. The molecule has 6 nitrogen and oxygen atoms in total. The molecule has 0 spiro atoms. The molecule has 1 aliphatic heterocycles. The van der Waals surface area contributed by atoms with E-state index in [0.29, 0.717) is 32.4 Å². The molecule has 0 saturated carbocycles. The average Bonchev–Trinajstić information content (AvgIpc) is 2.72. The maximum atomic E-state index is 11.7. The smallest absolute Gasteiger partial charge is 0.306 e. The van der Waals surface area contributed by atoms with Crippen LogP contribution in [-0.2, 0) is 14.3 Å². The lowest BCUT2D eigenvalue weighted by Crippen LogP contribution is -2.54. The molecule has 1 rings (SSSR count). The minimum Gasteiger partial charge on any atom is -0.481 e. The van der Waals surface area contributed by atoms with Crippen molar-refractivity contribution in [1.29, 1.82) is 0 Å². The zero-order valence-corrected chi connectivity index (χ0v) is 10.1. The number of carbonyl (C=O) groups is 2. The number of amides is 1. The number of hydrogen-bond acceptors (Lipinski definition) is 4. The van der Waals surface area contributed by atoms with Gasteiger partial charge in [0.05, 0.1) is 12.5 Å². The van der Waals surface area contributed by atoms with Crippen LogP contribution in [0.5, 0.6) is 0 Å². The Morgan fingerprint density at radius 2 is 2.29 bits per heavy atom. The molecule has 0 radical (unpaired) electrons. The topological polar surface area (TPSA) is 102 Å². The Kier molecular flexibility index (Phi) is 4.89. The van der Waals surface area contributed by atoms with Gasteiger partial charge in [0, 0.05) is 13.2 Å². The highest BCUT2D eigenvalue weighted by Gasteiger charge is 2.37. The summed E-state index contributed by atoms with van der Waals surface area (Å²) >= 11 is 0. The largest absolute Gasteiger partial charge is 0.481 e. The normalized spacial score (nSPS) is 25.5. The first kappa shape index (κ1) is 13.9. The molecule has 1 heterocycles. The molecule has 0 aromatic carbocycles. The molecular formula is C11H20N2O4. The number of carbonyl (C=O) groups excluding carboxylic acids is 1. The van der Waals surface area contributed by atoms with Crippen LogP contribution in [0.4, 0.5) is 0 Å². The number of carboxylic acid groups (broad SMARTS) is 1. The summed E-state index contributed by atoms with van der Waals surface area (Å²) in [6, 6.07) is 0. The van der Waals surface area contributed by atoms with E-state index in [1.165, 1.54) is 0 Å². The number of nitrogens with two attached hydrogens (primary N) is 1. The fourth-order valence-electron chi connectivity index (χ4n) is 1.67. The van der Waals surface area contributed by atoms with Crippen molar-refractivity contribution < 1.29 is 19.4 Å². The fourth-order valence-corrected chi connectivity index (χ4v) is 1.67. The Bertz CT molecular complexity index is 287. The molecular weight excluding hydrogens is 224 g/mol. The van der Waals surface area contributed by atoms with Gasteiger partial charge in [-0.25, -0.2) is 0 Å². The van der Waals surface area contributed by atoms with Crippen LogP contribution in [-0.4, -0.2) is 42.3 Å². The lowest BCUT2D eigenvalue weighted by atomic mass is 9.99. The summed E-state index contributed by atoms with van der Waals surface area (Å²) in [5, 5.41) is 11.4. The van der Waals surface area contributed by atoms with Crippen molar-refractivity contribution in [3.05, 3.63) is 0 Å². The van der Waals surface area contributed by atoms with Crippen molar-refractivity contribution in [2.75, 3.05) is 19.8 Å². The van der Waals surface area contributed by atoms with E-state index in [1.807, 2.05) is 0 Å². The second kappa shape index (κ2) is 5.97. The average molecular weight is 244 g/mol. The van der Waals surface area contributed by atoms with Crippen LogP contribution in [0.15, 0.2) is 0 Å². The Hall–Kier alpha value is -1.14. The molecule has 17 heavy (non-hydrogen) atoms. The number of nitrogens with one attached hydrogen (secondary N) is 1. The summed E-state index contributed by atoms with van der Waals surface area (Å²) in [5.74, 6) is -1.40. The van der Waals surface area contributed by atoms with Crippen molar-refractivity contribution >= 4 is 11.9 Å². The fraction of sp³-hybridized carbons (Fsp3) is 0.818. The highest BCUT2D eigenvalue weighted by Crippen LogP contribution is 2.15. The molecule has 6 heteroatoms. The van der Waals surface area contributed by atoms with Crippen LogP contribution < -0.4 is 11.1 Å². The van der Waals surface area contributed by atoms with Crippen LogP contribution in [0.1, 0.15) is 26.2 Å². The van der Waals surface area contributed by atoms with Gasteiger partial charge in [-0.15, -0.1) is 0 Å². The van der Waals surface area contributed by atoms with E-state index in [4.69, 9.17) is 15.6 Å². The van der Waals surface area contributed by atoms with Crippen molar-refractivity contribution in [2.24, 2.45) is 11.7 Å². The van der Waals surface area contributed by atoms with Crippen LogP contribution in [0, 0.1) is 5.92 Å². The predicted octanol–water partition coefficient (Wildman–Crippen LogP) is -0.279. The highest BCUT2D eigenvalue weighted by molar-refractivity contribution is 5.86. The predicted molar refractivity (Wildman–Crippen MR) is 61.4 cm³/mol. The van der Waals surface area contributed by atoms with Gasteiger partial charge in [0.1, 0.15) is 5.54 Å². The number of rotatable bonds is 6. The van der Waals surface area contributed by atoms with Gasteiger partial charge in [0.25, 0.3) is 0 Å². The van der Waals surface area contributed by atoms with Crippen LogP contribution in [0.2, 0.25) is 0 Å². The van der Waals surface area contributed by atoms with E-state index in [0.717, 1.165) is 0 Å². The third kappa shape index (κ3) is 3.98. The molecule has 2 unspecified atom stereocenters. The number of hydrogen-bond donors (Lipinski definition) is 3. The van der Waals surface area contributed by atoms with E-state index >= 15 is 0 Å². The van der Waals surface area contributed by atoms with E-state index < -0.39 is 11.5 Å². The standard InChI is InChI=1S/C11H20N2O4/c1-8(9(14)15)3-2-5-13-10(16)11(12)4-6-17-7-11/h8H,2-7,12H2,1H3,(H,13,16)(H,14,15). The van der Waals surface area contributed by atoms with E-state index in [1.54, 1.807) is 6.92 Å². The monoisotopic (exact) mass is 244 g/mol. The van der Waals surface area contributed by atoms with Crippen molar-refractivity contribution in [3.63, 3.8) is 0 Å². The van der Waals surface area contributed by atoms with Gasteiger partial charge in [-0.1, -0.05) is 6.92 Å². The Morgan fingerprint density at radius 3 is 2.82 bits per heavy atom. The van der Waals surface area contributed by atoms with Gasteiger partial charge in [-0.05, 0) is 19.3 Å². The van der Waals surface area contributed by atoms with Crippen LogP contribution in [0.25, 0.3) is 0 Å². The quantitative estimate of drug-likeness (QED) is 0.558. The minimum atomic E-state index is -0.904. The first-order chi connectivity index (χ1) is 7.96. The highest BCUT2D eigenvalue weighted by atomic mass is 16.5. The summed E-state index contributed by atoms with van der Waals surface area (Å²) in [7, 11) is 0. The number of aliphatic carboxylic acids is 1. The Balaban J connectivity index is 2.18. The molecule has 1 fully saturated rings. The molecule has 0 aromatic rings. The first-order valence-electron chi connectivity index (χ1n) is 5.83. The third-order valence-corrected chi connectivity index (χ3v) is 3.03. The van der Waals surface area contributed by atoms with Crippen molar-refractivity contribution in [3.8, 4) is 0 Å². The van der Waals surface area contributed by atoms with Gasteiger partial charge in [-0.3, -0.25) is 9.59 Å². The molecule has 0 aliphatic carbocycles. The van der Waals surface area contributed by atoms with Gasteiger partial charge < -0.3 is 20.9 Å². The van der Waals surface area contributed by atoms with Gasteiger partial charge >= 0.3 is 5.97 Å². The second-order valence-electron chi connectivity index (χ2n) is 4.60. The van der Waals surface area contributed by atoms with E-state index in [-0.39, 0.29) is 18.4 Å². The first-order valence-corrected chi connectivity index (χ1v) is 5.83. The van der Waals surface area contributed by atoms with Gasteiger partial charge in [-0.2, -0.15) is 0 Å². The van der Waals surface area contributed by atoms with Gasteiger partial charge in [0.15, 0.2) is 0 Å². The lowest BCUT2D eigenvalue weighted by Gasteiger charge is -2.20. The molecule has 0 aromatic heterocycles. The summed E-state index contributed by atoms with van der Waals surface area (Å²) in [5.41, 5.74) is 4.96.